The molecule has 0 spiro atoms. The van der Waals surface area contributed by atoms with Gasteiger partial charge in [-0.15, -0.1) is 0 Å². The van der Waals surface area contributed by atoms with Gasteiger partial charge in [0, 0.05) is 21.4 Å². The zero-order chi connectivity index (χ0) is 16.4. The van der Waals surface area contributed by atoms with Crippen molar-refractivity contribution in [3.8, 4) is 0 Å². The normalized spacial score (nSPS) is 12.6. The van der Waals surface area contributed by atoms with E-state index in [0.29, 0.717) is 0 Å². The fourth-order valence-electron chi connectivity index (χ4n) is 1.68. The Balaban J connectivity index is 2.18. The molecule has 0 saturated heterocycles. The number of halogens is 2. The molecule has 0 aliphatic rings. The van der Waals surface area contributed by atoms with Gasteiger partial charge in [0.2, 0.25) is 0 Å². The van der Waals surface area contributed by atoms with Crippen LogP contribution in [0.5, 0.6) is 0 Å². The van der Waals surface area contributed by atoms with Crippen LogP contribution in [-0.4, -0.2) is 16.8 Å². The molecule has 0 unspecified atom stereocenters. The summed E-state index contributed by atoms with van der Waals surface area (Å²) in [5, 5.41) is 0. The molecular formula is C14H10Cl2O4S2. The highest BCUT2D eigenvalue weighted by molar-refractivity contribution is 8.14. The van der Waals surface area contributed by atoms with Crippen LogP contribution in [0.3, 0.4) is 0 Å². The monoisotopic (exact) mass is 376 g/mol. The summed E-state index contributed by atoms with van der Waals surface area (Å²) < 4.78 is 44.5. The zero-order valence-corrected chi connectivity index (χ0v) is 14.1. The van der Waals surface area contributed by atoms with Gasteiger partial charge in [-0.1, -0.05) is 36.4 Å². The Labute approximate surface area is 137 Å². The smallest absolute Gasteiger partial charge is 0.207 e. The van der Waals surface area contributed by atoms with E-state index in [1.807, 2.05) is 0 Å². The van der Waals surface area contributed by atoms with E-state index in [0.717, 1.165) is 11.1 Å². The van der Waals surface area contributed by atoms with Gasteiger partial charge in [-0.3, -0.25) is 0 Å². The Morgan fingerprint density at radius 1 is 0.591 bits per heavy atom. The molecule has 116 valence electrons. The maximum Gasteiger partial charge on any atom is 0.261 e. The molecule has 0 saturated carbocycles. The highest BCUT2D eigenvalue weighted by Crippen LogP contribution is 2.18. The lowest BCUT2D eigenvalue weighted by Gasteiger charge is -1.99. The fourth-order valence-corrected chi connectivity index (χ4v) is 3.21. The number of hydrogen-bond donors (Lipinski definition) is 0. The summed E-state index contributed by atoms with van der Waals surface area (Å²) in [4.78, 5) is 0.0611. The first kappa shape index (κ1) is 17.0. The summed E-state index contributed by atoms with van der Waals surface area (Å²) in [6, 6.07) is 12.1. The summed E-state index contributed by atoms with van der Waals surface area (Å²) in [6.45, 7) is 0. The molecule has 0 aliphatic heterocycles. The molecule has 0 bridgehead atoms. The molecule has 2 rings (SSSR count). The summed E-state index contributed by atoms with van der Waals surface area (Å²) in [6.07, 6.45) is 3.52. The van der Waals surface area contributed by atoms with Gasteiger partial charge in [-0.05, 0) is 35.4 Å². The minimum Gasteiger partial charge on any atom is -0.207 e. The lowest BCUT2D eigenvalue weighted by atomic mass is 10.1. The molecule has 4 nitrogen and oxygen atoms in total. The van der Waals surface area contributed by atoms with Crippen LogP contribution in [0, 0.1) is 0 Å². The second-order valence-electron chi connectivity index (χ2n) is 4.35. The van der Waals surface area contributed by atoms with Crippen LogP contribution in [0.2, 0.25) is 0 Å². The summed E-state index contributed by atoms with van der Waals surface area (Å²) >= 11 is 0. The molecule has 22 heavy (non-hydrogen) atoms. The first-order valence-electron chi connectivity index (χ1n) is 5.94. The molecule has 0 aromatic heterocycles. The maximum absolute atomic E-state index is 11.1. The summed E-state index contributed by atoms with van der Waals surface area (Å²) in [5.74, 6) is 0. The number of benzene rings is 2. The van der Waals surface area contributed by atoms with Gasteiger partial charge in [-0.25, -0.2) is 16.8 Å². The van der Waals surface area contributed by atoms with E-state index in [-0.39, 0.29) is 9.79 Å². The first-order chi connectivity index (χ1) is 10.2. The van der Waals surface area contributed by atoms with Crippen molar-refractivity contribution < 1.29 is 16.8 Å². The summed E-state index contributed by atoms with van der Waals surface area (Å²) in [7, 11) is 3.01. The van der Waals surface area contributed by atoms with Crippen LogP contribution in [0.4, 0.5) is 0 Å². The average molecular weight is 377 g/mol. The highest BCUT2D eigenvalue weighted by atomic mass is 35.7. The Bertz CT molecular complexity index is 821. The van der Waals surface area contributed by atoms with E-state index in [1.54, 1.807) is 36.4 Å². The van der Waals surface area contributed by atoms with Crippen LogP contribution >= 0.6 is 21.4 Å². The van der Waals surface area contributed by atoms with E-state index >= 15 is 0 Å². The van der Waals surface area contributed by atoms with E-state index < -0.39 is 18.1 Å². The van der Waals surface area contributed by atoms with Gasteiger partial charge in [0.25, 0.3) is 18.1 Å². The predicted octanol–water partition coefficient (Wildman–Crippen LogP) is 3.71. The van der Waals surface area contributed by atoms with Crippen LogP contribution in [-0.2, 0) is 18.1 Å². The van der Waals surface area contributed by atoms with E-state index in [2.05, 4.69) is 0 Å². The van der Waals surface area contributed by atoms with Crippen LogP contribution in [0.15, 0.2) is 58.3 Å². The Kier molecular flexibility index (Phi) is 4.97. The molecule has 0 fully saturated rings. The van der Waals surface area contributed by atoms with Gasteiger partial charge < -0.3 is 0 Å². The van der Waals surface area contributed by atoms with Crippen molar-refractivity contribution in [2.45, 2.75) is 9.79 Å². The van der Waals surface area contributed by atoms with E-state index in [1.165, 1.54) is 24.3 Å². The van der Waals surface area contributed by atoms with Crippen molar-refractivity contribution in [3.63, 3.8) is 0 Å². The molecule has 0 aliphatic carbocycles. The molecule has 0 N–H and O–H groups in total. The molecule has 8 heteroatoms. The molecule has 2 aromatic carbocycles. The molecule has 0 heterocycles. The van der Waals surface area contributed by atoms with Gasteiger partial charge >= 0.3 is 0 Å². The van der Waals surface area contributed by atoms with Gasteiger partial charge in [-0.2, -0.15) is 0 Å². The lowest BCUT2D eigenvalue weighted by molar-refractivity contribution is 0.608. The van der Waals surface area contributed by atoms with Crippen LogP contribution in [0.25, 0.3) is 12.2 Å². The Hall–Kier alpha value is -1.34. The second kappa shape index (κ2) is 6.42. The van der Waals surface area contributed by atoms with Crippen molar-refractivity contribution in [3.05, 3.63) is 59.7 Å². The van der Waals surface area contributed by atoms with Gasteiger partial charge in [0.15, 0.2) is 0 Å². The zero-order valence-electron chi connectivity index (χ0n) is 11.0. The third-order valence-electron chi connectivity index (χ3n) is 2.79. The van der Waals surface area contributed by atoms with Crippen molar-refractivity contribution in [1.29, 1.82) is 0 Å². The highest BCUT2D eigenvalue weighted by Gasteiger charge is 2.09. The van der Waals surface area contributed by atoms with Crippen LogP contribution in [0.1, 0.15) is 11.1 Å². The maximum atomic E-state index is 11.1. The number of hydrogen-bond acceptors (Lipinski definition) is 4. The quantitative estimate of drug-likeness (QED) is 0.602. The van der Waals surface area contributed by atoms with Gasteiger partial charge in [0.1, 0.15) is 0 Å². The van der Waals surface area contributed by atoms with Crippen molar-refractivity contribution >= 4 is 51.6 Å². The molecule has 0 radical (unpaired) electrons. The molecular weight excluding hydrogens is 367 g/mol. The average Bonchev–Trinajstić information content (AvgIpc) is 2.44. The Morgan fingerprint density at radius 2 is 0.864 bits per heavy atom. The van der Waals surface area contributed by atoms with Crippen molar-refractivity contribution in [2.24, 2.45) is 0 Å². The first-order valence-corrected chi connectivity index (χ1v) is 10.6. The summed E-state index contributed by atoms with van der Waals surface area (Å²) in [5.41, 5.74) is 1.55. The van der Waals surface area contributed by atoms with E-state index in [9.17, 15) is 16.8 Å². The molecule has 0 amide bonds. The Morgan fingerprint density at radius 3 is 1.09 bits per heavy atom. The SMILES string of the molecule is O=S(=O)(Cl)c1ccc(/C=C/c2ccc(S(=O)(=O)Cl)cc2)cc1. The van der Waals surface area contributed by atoms with E-state index in [4.69, 9.17) is 21.4 Å². The second-order valence-corrected chi connectivity index (χ2v) is 9.48. The number of rotatable bonds is 4. The molecule has 0 atom stereocenters. The third-order valence-corrected chi connectivity index (χ3v) is 5.53. The lowest BCUT2D eigenvalue weighted by Crippen LogP contribution is -1.90. The predicted molar refractivity (Wildman–Crippen MR) is 87.9 cm³/mol. The molecule has 2 aromatic rings. The minimum absolute atomic E-state index is 0.0305. The fraction of sp³-hybridized carbons (Fsp3) is 0. The third kappa shape index (κ3) is 4.58. The standard InChI is InChI=1S/C14H10Cl2O4S2/c15-21(17,18)13-7-3-11(4-8-13)1-2-12-5-9-14(10-6-12)22(16,19)20/h1-10H/b2-1+. The van der Waals surface area contributed by atoms with Gasteiger partial charge in [0.05, 0.1) is 9.79 Å². The van der Waals surface area contributed by atoms with Crippen molar-refractivity contribution in [2.75, 3.05) is 0 Å². The van der Waals surface area contributed by atoms with Crippen LogP contribution < -0.4 is 0 Å². The topological polar surface area (TPSA) is 68.3 Å². The minimum atomic E-state index is -3.73. The largest absolute Gasteiger partial charge is 0.261 e. The van der Waals surface area contributed by atoms with Crippen molar-refractivity contribution in [1.82, 2.24) is 0 Å².